The molecule has 1 aromatic heterocycles. The van der Waals surface area contributed by atoms with Crippen molar-refractivity contribution < 1.29 is 14.3 Å². The van der Waals surface area contributed by atoms with E-state index in [1.807, 2.05) is 30.5 Å². The fourth-order valence-electron chi connectivity index (χ4n) is 4.68. The second-order valence-corrected chi connectivity index (χ2v) is 8.70. The van der Waals surface area contributed by atoms with Gasteiger partial charge in [-0.05, 0) is 68.0 Å². The topological polar surface area (TPSA) is 63.7 Å². The fourth-order valence-corrected chi connectivity index (χ4v) is 4.68. The Balaban J connectivity index is 1.47. The molecular weight excluding hydrogens is 390 g/mol. The van der Waals surface area contributed by atoms with Crippen molar-refractivity contribution in [2.45, 2.75) is 44.7 Å². The number of nitrogens with zero attached hydrogens (tertiary/aromatic N) is 2. The molecule has 1 aromatic carbocycles. The lowest BCUT2D eigenvalue weighted by molar-refractivity contribution is -0.128. The number of aromatic nitrogens is 1. The lowest BCUT2D eigenvalue weighted by atomic mass is 9.83. The Hall–Kier alpha value is -2.60. The van der Waals surface area contributed by atoms with Gasteiger partial charge in [0.15, 0.2) is 11.5 Å². The summed E-state index contributed by atoms with van der Waals surface area (Å²) < 4.78 is 10.8. The van der Waals surface area contributed by atoms with Crippen LogP contribution in [0.1, 0.15) is 49.4 Å². The van der Waals surface area contributed by atoms with Crippen LogP contribution < -0.4 is 14.8 Å². The number of carbonyl (C=O) groups is 1. The van der Waals surface area contributed by atoms with E-state index in [0.29, 0.717) is 5.92 Å². The number of pyridine rings is 1. The van der Waals surface area contributed by atoms with Crippen molar-refractivity contribution in [2.24, 2.45) is 11.8 Å². The molecule has 166 valence electrons. The van der Waals surface area contributed by atoms with Gasteiger partial charge in [-0.2, -0.15) is 0 Å². The molecule has 1 saturated carbocycles. The lowest BCUT2D eigenvalue weighted by Crippen LogP contribution is -2.45. The van der Waals surface area contributed by atoms with Crippen molar-refractivity contribution >= 4 is 5.91 Å². The van der Waals surface area contributed by atoms with Gasteiger partial charge < -0.3 is 14.8 Å². The summed E-state index contributed by atoms with van der Waals surface area (Å²) in [5.74, 6) is 2.22. The number of amides is 1. The molecule has 1 amide bonds. The van der Waals surface area contributed by atoms with E-state index < -0.39 is 0 Å². The first kappa shape index (κ1) is 21.6. The highest BCUT2D eigenvalue weighted by molar-refractivity contribution is 5.79. The highest BCUT2D eigenvalue weighted by atomic mass is 16.5. The Labute approximate surface area is 185 Å². The second kappa shape index (κ2) is 10.1. The molecule has 2 aromatic rings. The van der Waals surface area contributed by atoms with Crippen LogP contribution in [0.15, 0.2) is 42.6 Å². The molecule has 31 heavy (non-hydrogen) atoms. The summed E-state index contributed by atoms with van der Waals surface area (Å²) in [5, 5.41) is 3.36. The number of carbonyl (C=O) groups excluding carboxylic acids is 1. The standard InChI is InChI=1S/C25H33N3O3/c1-30-22-12-11-18(15-23(22)31-2)16-28-14-6-9-20(17-28)24(21-10-3-4-13-26-21)27-25(29)19-7-5-8-19/h3-4,10-13,15,19-20,24H,5-9,14,16-17H2,1-2H3,(H,27,29)/t20-,24+/m0/s1. The molecule has 1 aliphatic heterocycles. The van der Waals surface area contributed by atoms with Gasteiger partial charge in [-0.15, -0.1) is 0 Å². The minimum Gasteiger partial charge on any atom is -0.493 e. The van der Waals surface area contributed by atoms with Gasteiger partial charge in [-0.1, -0.05) is 18.6 Å². The van der Waals surface area contributed by atoms with Gasteiger partial charge in [0.25, 0.3) is 0 Å². The smallest absolute Gasteiger partial charge is 0.223 e. The lowest BCUT2D eigenvalue weighted by Gasteiger charge is -2.38. The normalized spacial score (nSPS) is 20.5. The van der Waals surface area contributed by atoms with Gasteiger partial charge in [-0.25, -0.2) is 0 Å². The maximum absolute atomic E-state index is 12.8. The molecule has 2 fully saturated rings. The molecule has 0 spiro atoms. The van der Waals surface area contributed by atoms with Gasteiger partial charge >= 0.3 is 0 Å². The summed E-state index contributed by atoms with van der Waals surface area (Å²) in [7, 11) is 3.32. The zero-order chi connectivity index (χ0) is 21.6. The van der Waals surface area contributed by atoms with Gasteiger partial charge in [0.1, 0.15) is 0 Å². The average molecular weight is 424 g/mol. The number of rotatable bonds is 8. The SMILES string of the molecule is COc1ccc(CN2CCC[C@H]([C@@H](NC(=O)C3CCC3)c3ccccn3)C2)cc1OC. The number of hydrogen-bond acceptors (Lipinski definition) is 5. The highest BCUT2D eigenvalue weighted by Gasteiger charge is 2.33. The summed E-state index contributed by atoms with van der Waals surface area (Å²) in [6.45, 7) is 2.83. The Morgan fingerprint density at radius 2 is 1.97 bits per heavy atom. The van der Waals surface area contributed by atoms with Crippen LogP contribution in [0.3, 0.4) is 0 Å². The third kappa shape index (κ3) is 5.18. The molecule has 1 N–H and O–H groups in total. The van der Waals surface area contributed by atoms with Crippen molar-refractivity contribution in [1.29, 1.82) is 0 Å². The Bertz CT molecular complexity index is 870. The van der Waals surface area contributed by atoms with Crippen molar-refractivity contribution in [3.8, 4) is 11.5 Å². The third-order valence-electron chi connectivity index (χ3n) is 6.65. The number of hydrogen-bond donors (Lipinski definition) is 1. The molecule has 6 nitrogen and oxygen atoms in total. The Morgan fingerprint density at radius 3 is 2.65 bits per heavy atom. The van der Waals surface area contributed by atoms with Gasteiger partial charge in [0.05, 0.1) is 26.0 Å². The van der Waals surface area contributed by atoms with Crippen molar-refractivity contribution in [1.82, 2.24) is 15.2 Å². The molecule has 6 heteroatoms. The van der Waals surface area contributed by atoms with E-state index >= 15 is 0 Å². The molecule has 2 heterocycles. The third-order valence-corrected chi connectivity index (χ3v) is 6.65. The second-order valence-electron chi connectivity index (χ2n) is 8.70. The van der Waals surface area contributed by atoms with Gasteiger partial charge in [0, 0.05) is 25.2 Å². The molecular formula is C25H33N3O3. The first-order valence-corrected chi connectivity index (χ1v) is 11.3. The average Bonchev–Trinajstić information content (AvgIpc) is 2.77. The van der Waals surface area contributed by atoms with Crippen molar-refractivity contribution in [2.75, 3.05) is 27.3 Å². The van der Waals surface area contributed by atoms with Crippen LogP contribution in [0, 0.1) is 11.8 Å². The van der Waals surface area contributed by atoms with Crippen molar-refractivity contribution in [3.05, 3.63) is 53.9 Å². The molecule has 0 unspecified atom stereocenters. The van der Waals surface area contributed by atoms with Gasteiger partial charge in [0.2, 0.25) is 5.91 Å². The van der Waals surface area contributed by atoms with Crippen LogP contribution in [0.25, 0.3) is 0 Å². The predicted octanol–water partition coefficient (Wildman–Crippen LogP) is 3.97. The summed E-state index contributed by atoms with van der Waals surface area (Å²) in [6, 6.07) is 12.1. The summed E-state index contributed by atoms with van der Waals surface area (Å²) in [6.07, 6.45) is 7.21. The van der Waals surface area contributed by atoms with Crippen molar-refractivity contribution in [3.63, 3.8) is 0 Å². The number of likely N-dealkylation sites (tertiary alicyclic amines) is 1. The number of nitrogens with one attached hydrogen (secondary N) is 1. The zero-order valence-corrected chi connectivity index (χ0v) is 18.5. The molecule has 1 saturated heterocycles. The van der Waals surface area contributed by atoms with Crippen LogP contribution in [0.5, 0.6) is 11.5 Å². The Morgan fingerprint density at radius 1 is 1.13 bits per heavy atom. The fraction of sp³-hybridized carbons (Fsp3) is 0.520. The Kier molecular flexibility index (Phi) is 7.07. The first-order valence-electron chi connectivity index (χ1n) is 11.3. The molecule has 1 aliphatic carbocycles. The summed E-state index contributed by atoms with van der Waals surface area (Å²) in [5.41, 5.74) is 2.17. The molecule has 4 rings (SSSR count). The van der Waals surface area contributed by atoms with E-state index in [2.05, 4.69) is 27.3 Å². The molecule has 2 aliphatic rings. The van der Waals surface area contributed by atoms with Gasteiger partial charge in [-0.3, -0.25) is 14.7 Å². The summed E-state index contributed by atoms with van der Waals surface area (Å²) >= 11 is 0. The monoisotopic (exact) mass is 423 g/mol. The maximum Gasteiger partial charge on any atom is 0.223 e. The van der Waals surface area contributed by atoms with E-state index in [1.54, 1.807) is 14.2 Å². The van der Waals surface area contributed by atoms with E-state index in [0.717, 1.165) is 68.9 Å². The summed E-state index contributed by atoms with van der Waals surface area (Å²) in [4.78, 5) is 19.8. The van der Waals surface area contributed by atoms with Crippen LogP contribution in [-0.4, -0.2) is 43.1 Å². The number of ether oxygens (including phenoxy) is 2. The molecule has 0 radical (unpaired) electrons. The van der Waals surface area contributed by atoms with Crippen LogP contribution in [0.4, 0.5) is 0 Å². The van der Waals surface area contributed by atoms with E-state index in [-0.39, 0.29) is 17.9 Å². The minimum atomic E-state index is -0.0393. The van der Waals surface area contributed by atoms with E-state index in [1.165, 1.54) is 5.56 Å². The minimum absolute atomic E-state index is 0.0393. The molecule has 0 bridgehead atoms. The zero-order valence-electron chi connectivity index (χ0n) is 18.5. The predicted molar refractivity (Wildman–Crippen MR) is 120 cm³/mol. The van der Waals surface area contributed by atoms with E-state index in [9.17, 15) is 4.79 Å². The van der Waals surface area contributed by atoms with Crippen LogP contribution in [0.2, 0.25) is 0 Å². The molecule has 2 atom stereocenters. The number of piperidine rings is 1. The van der Waals surface area contributed by atoms with Crippen LogP contribution in [-0.2, 0) is 11.3 Å². The quantitative estimate of drug-likeness (QED) is 0.696. The largest absolute Gasteiger partial charge is 0.493 e. The highest BCUT2D eigenvalue weighted by Crippen LogP contribution is 2.33. The maximum atomic E-state index is 12.8. The van der Waals surface area contributed by atoms with E-state index in [4.69, 9.17) is 9.47 Å². The van der Waals surface area contributed by atoms with Crippen LogP contribution >= 0.6 is 0 Å². The number of benzene rings is 1. The number of methoxy groups -OCH3 is 2. The first-order chi connectivity index (χ1) is 15.2.